The van der Waals surface area contributed by atoms with E-state index in [1.807, 2.05) is 6.07 Å². The molecule has 0 aliphatic carbocycles. The summed E-state index contributed by atoms with van der Waals surface area (Å²) in [6.45, 7) is 0. The number of anilines is 1. The summed E-state index contributed by atoms with van der Waals surface area (Å²) in [6.07, 6.45) is 0. The van der Waals surface area contributed by atoms with E-state index in [1.165, 1.54) is 7.11 Å². The van der Waals surface area contributed by atoms with Gasteiger partial charge < -0.3 is 15.6 Å². The molecule has 98 valence electrons. The maximum absolute atomic E-state index is 9.94. The van der Waals surface area contributed by atoms with Gasteiger partial charge in [-0.15, -0.1) is 0 Å². The Labute approximate surface area is 115 Å². The second-order valence-corrected chi connectivity index (χ2v) is 3.90. The summed E-state index contributed by atoms with van der Waals surface area (Å²) in [5, 5.41) is 28.0. The summed E-state index contributed by atoms with van der Waals surface area (Å²) in [5.74, 6) is -0.00208. The molecule has 0 unspecified atom stereocenters. The Bertz CT molecular complexity index is 757. The first-order valence-electron chi connectivity index (χ1n) is 5.59. The number of aromatic nitrogens is 1. The highest BCUT2D eigenvalue weighted by Crippen LogP contribution is 2.34. The number of methoxy groups -OCH3 is 1. The normalized spacial score (nSPS) is 9.55. The SMILES string of the molecule is COc1cccc(-c2nc(N)c(C#N)c(O)c2C#N)c1. The minimum Gasteiger partial charge on any atom is -0.505 e. The van der Waals surface area contributed by atoms with Crippen molar-refractivity contribution in [1.82, 2.24) is 4.98 Å². The molecule has 0 saturated carbocycles. The summed E-state index contributed by atoms with van der Waals surface area (Å²) in [6, 6.07) is 10.4. The van der Waals surface area contributed by atoms with E-state index < -0.39 is 5.75 Å². The van der Waals surface area contributed by atoms with Crippen LogP contribution < -0.4 is 10.5 Å². The van der Waals surface area contributed by atoms with E-state index in [1.54, 1.807) is 30.3 Å². The van der Waals surface area contributed by atoms with Crippen molar-refractivity contribution in [3.63, 3.8) is 0 Å². The number of nitrogen functional groups attached to an aromatic ring is 1. The fourth-order valence-electron chi connectivity index (χ4n) is 1.79. The van der Waals surface area contributed by atoms with Gasteiger partial charge in [-0.05, 0) is 12.1 Å². The van der Waals surface area contributed by atoms with Crippen molar-refractivity contribution in [3.05, 3.63) is 35.4 Å². The van der Waals surface area contributed by atoms with E-state index in [0.29, 0.717) is 11.3 Å². The highest BCUT2D eigenvalue weighted by atomic mass is 16.5. The first-order valence-corrected chi connectivity index (χ1v) is 5.59. The molecule has 0 atom stereocenters. The zero-order chi connectivity index (χ0) is 14.7. The van der Waals surface area contributed by atoms with Crippen molar-refractivity contribution in [3.8, 4) is 34.9 Å². The first kappa shape index (κ1) is 13.2. The van der Waals surface area contributed by atoms with Crippen LogP contribution in [0.15, 0.2) is 24.3 Å². The molecule has 3 N–H and O–H groups in total. The van der Waals surface area contributed by atoms with Gasteiger partial charge >= 0.3 is 0 Å². The van der Waals surface area contributed by atoms with Crippen molar-refractivity contribution < 1.29 is 9.84 Å². The summed E-state index contributed by atoms with van der Waals surface area (Å²) < 4.78 is 5.10. The standard InChI is InChI=1S/C14H10N4O2/c1-20-9-4-2-3-8(5-9)12-10(6-15)13(19)11(7-16)14(17)18-12/h2-5H,1H3,(H3,17,18,19). The van der Waals surface area contributed by atoms with Crippen LogP contribution in [-0.2, 0) is 0 Å². The second kappa shape index (κ2) is 5.17. The van der Waals surface area contributed by atoms with Gasteiger partial charge in [-0.2, -0.15) is 10.5 Å². The Kier molecular flexibility index (Phi) is 3.41. The molecule has 20 heavy (non-hydrogen) atoms. The van der Waals surface area contributed by atoms with Crippen LogP contribution in [0.2, 0.25) is 0 Å². The molecule has 0 fully saturated rings. The Morgan fingerprint density at radius 3 is 2.55 bits per heavy atom. The fraction of sp³-hybridized carbons (Fsp3) is 0.0714. The average Bonchev–Trinajstić information content (AvgIpc) is 2.47. The molecule has 0 saturated heterocycles. The first-order chi connectivity index (χ1) is 9.62. The maximum atomic E-state index is 9.94. The Balaban J connectivity index is 2.75. The van der Waals surface area contributed by atoms with E-state index >= 15 is 0 Å². The van der Waals surface area contributed by atoms with E-state index in [4.69, 9.17) is 21.0 Å². The topological polar surface area (TPSA) is 116 Å². The lowest BCUT2D eigenvalue weighted by molar-refractivity contribution is 0.415. The molecule has 6 heteroatoms. The molecule has 2 rings (SSSR count). The van der Waals surface area contributed by atoms with Crippen LogP contribution in [0.5, 0.6) is 11.5 Å². The third-order valence-corrected chi connectivity index (χ3v) is 2.77. The molecular weight excluding hydrogens is 256 g/mol. The molecule has 6 nitrogen and oxygen atoms in total. The maximum Gasteiger partial charge on any atom is 0.157 e. The van der Waals surface area contributed by atoms with Gasteiger partial charge in [0, 0.05) is 5.56 Å². The highest BCUT2D eigenvalue weighted by molar-refractivity contribution is 5.76. The summed E-state index contributed by atoms with van der Waals surface area (Å²) in [5.41, 5.74) is 6.11. The van der Waals surface area contributed by atoms with Gasteiger partial charge in [0.15, 0.2) is 5.75 Å². The molecule has 0 radical (unpaired) electrons. The lowest BCUT2D eigenvalue weighted by atomic mass is 10.0. The number of rotatable bonds is 2. The van der Waals surface area contributed by atoms with Crippen molar-refractivity contribution in [2.75, 3.05) is 12.8 Å². The third kappa shape index (κ3) is 2.06. The van der Waals surface area contributed by atoms with Crippen LogP contribution in [0.1, 0.15) is 11.1 Å². The molecule has 1 aromatic heterocycles. The van der Waals surface area contributed by atoms with Crippen molar-refractivity contribution >= 4 is 5.82 Å². The number of hydrogen-bond acceptors (Lipinski definition) is 6. The number of benzene rings is 1. The van der Waals surface area contributed by atoms with Crippen LogP contribution in [0.25, 0.3) is 11.3 Å². The minimum absolute atomic E-state index is 0.0935. The van der Waals surface area contributed by atoms with Crippen molar-refractivity contribution in [2.24, 2.45) is 0 Å². The van der Waals surface area contributed by atoms with Crippen LogP contribution in [-0.4, -0.2) is 17.2 Å². The minimum atomic E-state index is -0.458. The molecule has 0 aliphatic rings. The summed E-state index contributed by atoms with van der Waals surface area (Å²) in [7, 11) is 1.52. The number of aromatic hydroxyl groups is 1. The molecule has 0 aliphatic heterocycles. The van der Waals surface area contributed by atoms with Crippen molar-refractivity contribution in [2.45, 2.75) is 0 Å². The summed E-state index contributed by atoms with van der Waals surface area (Å²) in [4.78, 5) is 4.04. The van der Waals surface area contributed by atoms with Gasteiger partial charge in [0.2, 0.25) is 0 Å². The van der Waals surface area contributed by atoms with Crippen LogP contribution >= 0.6 is 0 Å². The summed E-state index contributed by atoms with van der Waals surface area (Å²) >= 11 is 0. The predicted molar refractivity (Wildman–Crippen MR) is 71.7 cm³/mol. The number of nitrogens with two attached hydrogens (primary N) is 1. The third-order valence-electron chi connectivity index (χ3n) is 2.77. The number of hydrogen-bond donors (Lipinski definition) is 2. The molecule has 0 bridgehead atoms. The second-order valence-electron chi connectivity index (χ2n) is 3.90. The van der Waals surface area contributed by atoms with Gasteiger partial charge in [-0.25, -0.2) is 4.98 Å². The molecule has 2 aromatic rings. The zero-order valence-corrected chi connectivity index (χ0v) is 10.6. The number of pyridine rings is 1. The van der Waals surface area contributed by atoms with Crippen LogP contribution in [0, 0.1) is 22.7 Å². The van der Waals surface area contributed by atoms with Crippen LogP contribution in [0.4, 0.5) is 5.82 Å². The van der Waals surface area contributed by atoms with E-state index in [-0.39, 0.29) is 22.6 Å². The zero-order valence-electron chi connectivity index (χ0n) is 10.6. The van der Waals surface area contributed by atoms with Crippen molar-refractivity contribution in [1.29, 1.82) is 10.5 Å². The van der Waals surface area contributed by atoms with Crippen LogP contribution in [0.3, 0.4) is 0 Å². The molecule has 0 amide bonds. The lowest BCUT2D eigenvalue weighted by Gasteiger charge is -2.09. The number of nitrogens with zero attached hydrogens (tertiary/aromatic N) is 3. The predicted octanol–water partition coefficient (Wildman–Crippen LogP) is 1.79. The van der Waals surface area contributed by atoms with Gasteiger partial charge in [0.05, 0.1) is 12.8 Å². The number of nitriles is 2. The Morgan fingerprint density at radius 2 is 1.95 bits per heavy atom. The fourth-order valence-corrected chi connectivity index (χ4v) is 1.79. The van der Waals surface area contributed by atoms with Gasteiger partial charge in [-0.3, -0.25) is 0 Å². The quantitative estimate of drug-likeness (QED) is 0.855. The number of ether oxygens (including phenoxy) is 1. The van der Waals surface area contributed by atoms with Gasteiger partial charge in [-0.1, -0.05) is 12.1 Å². The smallest absolute Gasteiger partial charge is 0.157 e. The van der Waals surface area contributed by atoms with Gasteiger partial charge in [0.1, 0.15) is 34.8 Å². The Hall–Kier alpha value is -3.25. The Morgan fingerprint density at radius 1 is 1.25 bits per heavy atom. The largest absolute Gasteiger partial charge is 0.505 e. The molecule has 1 heterocycles. The van der Waals surface area contributed by atoms with E-state index in [0.717, 1.165) is 0 Å². The monoisotopic (exact) mass is 266 g/mol. The van der Waals surface area contributed by atoms with E-state index in [9.17, 15) is 5.11 Å². The lowest BCUT2D eigenvalue weighted by Crippen LogP contribution is -2.01. The molecular formula is C14H10N4O2. The van der Waals surface area contributed by atoms with Gasteiger partial charge in [0.25, 0.3) is 0 Å². The molecule has 0 spiro atoms. The van der Waals surface area contributed by atoms with E-state index in [2.05, 4.69) is 4.98 Å². The molecule has 1 aromatic carbocycles. The highest BCUT2D eigenvalue weighted by Gasteiger charge is 2.19. The average molecular weight is 266 g/mol.